The van der Waals surface area contributed by atoms with Gasteiger partial charge in [-0.1, -0.05) is 75.9 Å². The lowest BCUT2D eigenvalue weighted by molar-refractivity contribution is -0.480. The molecular weight excluding hydrogens is 1040 g/mol. The Balaban J connectivity index is 0.000000222. The zero-order valence-electron chi connectivity index (χ0n) is 39.2. The molecule has 0 saturated carbocycles. The van der Waals surface area contributed by atoms with Crippen molar-refractivity contribution in [3.63, 3.8) is 0 Å². The summed E-state index contributed by atoms with van der Waals surface area (Å²) in [4.78, 5) is 0. The average molecular weight is 1080 g/mol. The number of hydrogen-bond acceptors (Lipinski definition) is 5. The number of rotatable bonds is 16. The van der Waals surface area contributed by atoms with Crippen LogP contribution in [0.1, 0.15) is 80.2 Å². The second kappa shape index (κ2) is 22.1. The Labute approximate surface area is 416 Å². The van der Waals surface area contributed by atoms with E-state index in [2.05, 4.69) is 23.3 Å². The van der Waals surface area contributed by atoms with Crippen LogP contribution in [0.4, 0.5) is 74.6 Å². The van der Waals surface area contributed by atoms with Crippen molar-refractivity contribution in [3.05, 3.63) is 177 Å². The predicted molar refractivity (Wildman–Crippen MR) is 235 cm³/mol. The summed E-state index contributed by atoms with van der Waals surface area (Å²) in [7, 11) is 0. The highest BCUT2D eigenvalue weighted by atomic mass is 19.4. The van der Waals surface area contributed by atoms with Crippen LogP contribution < -0.4 is 9.47 Å². The fourth-order valence-corrected chi connectivity index (χ4v) is 8.29. The highest BCUT2D eigenvalue weighted by Gasteiger charge is 2.54. The minimum atomic E-state index is -5.48. The number of halogens is 17. The maximum Gasteiger partial charge on any atom is 0.432 e. The van der Waals surface area contributed by atoms with Crippen molar-refractivity contribution in [2.75, 3.05) is 19.8 Å². The van der Waals surface area contributed by atoms with Crippen LogP contribution in [0.25, 0.3) is 22.3 Å². The third kappa shape index (κ3) is 12.3. The Morgan fingerprint density at radius 3 is 1.33 bits per heavy atom. The Morgan fingerprint density at radius 1 is 0.453 bits per heavy atom. The standard InChI is InChI=1S/C30H20F10O.C23H21F7O4/c1-2-3-4-16-5-7-17(8-6-16)18-9-10-21(22(31)11-18)19-12-23(32)28(24(33)13-19)30(39,40)41-20-14-25(34)27(26(35)15-20)29(36,37)38;1-2-3-4-5-21-10-31-23(32-11-21,33-12-21)13-6-15(24)19(16(25)7-13)22(29,30)34-14-8-17(26)20(28)18(27)9-14/h5-15H,2-4H2,1H3;6-9H,2-5,10-12H2,1H3. The lowest BCUT2D eigenvalue weighted by atomic mass is 9.82. The van der Waals surface area contributed by atoms with E-state index in [0.29, 0.717) is 35.4 Å². The summed E-state index contributed by atoms with van der Waals surface area (Å²) in [5, 5.41) is 0. The molecule has 402 valence electrons. The summed E-state index contributed by atoms with van der Waals surface area (Å²) < 4.78 is 263. The largest absolute Gasteiger partial charge is 0.432 e. The summed E-state index contributed by atoms with van der Waals surface area (Å²) in [5.41, 5.74) is -5.39. The molecule has 9 rings (SSSR count). The van der Waals surface area contributed by atoms with Gasteiger partial charge in [-0.3, -0.25) is 0 Å². The number of ether oxygens (including phenoxy) is 5. The van der Waals surface area contributed by atoms with Crippen LogP contribution >= 0.6 is 0 Å². The molecule has 0 spiro atoms. The topological polar surface area (TPSA) is 46.2 Å². The van der Waals surface area contributed by atoms with E-state index in [1.807, 2.05) is 12.1 Å². The Hall–Kier alpha value is -6.39. The minimum Gasteiger partial charge on any atom is -0.429 e. The number of alkyl halides is 7. The maximum absolute atomic E-state index is 15.0. The zero-order valence-corrected chi connectivity index (χ0v) is 39.2. The molecular formula is C53H41F17O5. The van der Waals surface area contributed by atoms with Crippen LogP contribution in [0.2, 0.25) is 0 Å². The van der Waals surface area contributed by atoms with Crippen LogP contribution in [0.3, 0.4) is 0 Å². The number of benzene rings is 6. The molecule has 0 amide bonds. The van der Waals surface area contributed by atoms with E-state index in [1.54, 1.807) is 12.1 Å². The molecule has 3 aliphatic rings. The third-order valence-corrected chi connectivity index (χ3v) is 12.2. The van der Waals surface area contributed by atoms with Crippen molar-refractivity contribution >= 4 is 0 Å². The molecule has 3 aliphatic heterocycles. The van der Waals surface area contributed by atoms with E-state index >= 15 is 0 Å². The Kier molecular flexibility index (Phi) is 16.6. The number of fused-ring (bicyclic) bond motifs is 3. The van der Waals surface area contributed by atoms with Crippen molar-refractivity contribution in [2.45, 2.75) is 83.2 Å². The predicted octanol–water partition coefficient (Wildman–Crippen LogP) is 16.5. The number of hydrogen-bond donors (Lipinski definition) is 0. The normalized spacial score (nSPS) is 17.7. The van der Waals surface area contributed by atoms with Gasteiger partial charge < -0.3 is 23.7 Å². The molecule has 6 aromatic rings. The van der Waals surface area contributed by atoms with Gasteiger partial charge in [-0.05, 0) is 71.8 Å². The maximum atomic E-state index is 15.0. The summed E-state index contributed by atoms with van der Waals surface area (Å²) >= 11 is 0. The number of aryl methyl sites for hydroxylation is 1. The van der Waals surface area contributed by atoms with E-state index in [-0.39, 0.29) is 55.2 Å². The van der Waals surface area contributed by atoms with Crippen LogP contribution in [0.15, 0.2) is 91.0 Å². The van der Waals surface area contributed by atoms with E-state index in [0.717, 1.165) is 56.6 Å². The molecule has 0 aliphatic carbocycles. The van der Waals surface area contributed by atoms with Gasteiger partial charge in [0, 0.05) is 40.8 Å². The SMILES string of the molecule is CCCCCC12COC(c3cc(F)c(C(F)(F)Oc4cc(F)c(F)c(F)c4)c(F)c3)(OC1)OC2.CCCCc1ccc(-c2ccc(-c3cc(F)c(C(F)(F)Oc4cc(F)c(C(F)(F)F)c(F)c4)c(F)c3)c(F)c2)cc1. The molecule has 6 aromatic carbocycles. The van der Waals surface area contributed by atoms with Gasteiger partial charge in [0.1, 0.15) is 68.9 Å². The molecule has 0 radical (unpaired) electrons. The molecule has 5 nitrogen and oxygen atoms in total. The average Bonchev–Trinajstić information content (AvgIpc) is 3.32. The molecule has 3 saturated heterocycles. The molecule has 0 atom stereocenters. The second-order valence-electron chi connectivity index (χ2n) is 17.7. The molecule has 0 N–H and O–H groups in total. The lowest BCUT2D eigenvalue weighted by Gasteiger charge is -2.52. The molecule has 3 heterocycles. The van der Waals surface area contributed by atoms with Crippen molar-refractivity contribution in [2.24, 2.45) is 5.41 Å². The molecule has 3 fully saturated rings. The van der Waals surface area contributed by atoms with Gasteiger partial charge >= 0.3 is 24.4 Å². The van der Waals surface area contributed by atoms with Crippen molar-refractivity contribution < 1.29 is 98.3 Å². The van der Waals surface area contributed by atoms with Gasteiger partial charge in [-0.15, -0.1) is 0 Å². The van der Waals surface area contributed by atoms with Gasteiger partial charge in [0.05, 0.1) is 19.8 Å². The summed E-state index contributed by atoms with van der Waals surface area (Å²) in [5.74, 6) is -22.8. The van der Waals surface area contributed by atoms with Gasteiger partial charge in [-0.25, -0.2) is 43.9 Å². The van der Waals surface area contributed by atoms with Crippen molar-refractivity contribution in [3.8, 4) is 33.8 Å². The molecule has 0 aromatic heterocycles. The summed E-state index contributed by atoms with van der Waals surface area (Å²) in [6.07, 6.45) is -8.44. The minimum absolute atomic E-state index is 0.127. The first kappa shape index (κ1) is 56.3. The highest BCUT2D eigenvalue weighted by Crippen LogP contribution is 2.48. The van der Waals surface area contributed by atoms with Gasteiger partial charge in [0.2, 0.25) is 0 Å². The Bertz CT molecular complexity index is 2920. The van der Waals surface area contributed by atoms with Crippen molar-refractivity contribution in [1.29, 1.82) is 0 Å². The first-order chi connectivity index (χ1) is 35.2. The van der Waals surface area contributed by atoms with Crippen LogP contribution in [-0.4, -0.2) is 19.8 Å². The molecule has 22 heteroatoms. The fourth-order valence-electron chi connectivity index (χ4n) is 8.29. The van der Waals surface area contributed by atoms with Crippen LogP contribution in [0.5, 0.6) is 11.5 Å². The van der Waals surface area contributed by atoms with Gasteiger partial charge in [0.25, 0.3) is 0 Å². The van der Waals surface area contributed by atoms with E-state index in [1.165, 1.54) is 12.1 Å². The molecule has 75 heavy (non-hydrogen) atoms. The second-order valence-corrected chi connectivity index (χ2v) is 17.7. The highest BCUT2D eigenvalue weighted by molar-refractivity contribution is 5.71. The first-order valence-electron chi connectivity index (χ1n) is 22.9. The zero-order chi connectivity index (χ0) is 54.8. The summed E-state index contributed by atoms with van der Waals surface area (Å²) in [6, 6.07) is 13.0. The first-order valence-corrected chi connectivity index (χ1v) is 22.9. The van der Waals surface area contributed by atoms with Crippen LogP contribution in [0, 0.1) is 63.6 Å². The monoisotopic (exact) mass is 1080 g/mol. The molecule has 0 unspecified atom stereocenters. The lowest BCUT2D eigenvalue weighted by Crippen LogP contribution is -2.58. The fraction of sp³-hybridized carbons (Fsp3) is 0.321. The van der Waals surface area contributed by atoms with E-state index in [9.17, 15) is 74.6 Å². The van der Waals surface area contributed by atoms with Gasteiger partial charge in [0.15, 0.2) is 17.5 Å². The van der Waals surface area contributed by atoms with Crippen molar-refractivity contribution in [1.82, 2.24) is 0 Å². The van der Waals surface area contributed by atoms with Gasteiger partial charge in [-0.2, -0.15) is 30.7 Å². The summed E-state index contributed by atoms with van der Waals surface area (Å²) in [6.45, 7) is 4.72. The molecule has 2 bridgehead atoms. The van der Waals surface area contributed by atoms with Crippen LogP contribution in [-0.2, 0) is 45.0 Å². The Morgan fingerprint density at radius 2 is 0.880 bits per heavy atom. The van der Waals surface area contributed by atoms with E-state index in [4.69, 9.17) is 14.2 Å². The third-order valence-electron chi connectivity index (χ3n) is 12.2. The smallest absolute Gasteiger partial charge is 0.429 e. The quantitative estimate of drug-likeness (QED) is 0.0549. The number of unbranched alkanes of at least 4 members (excludes halogenated alkanes) is 3. The van der Waals surface area contributed by atoms with E-state index < -0.39 is 122 Å².